The molecule has 2 N–H and O–H groups in total. The minimum Gasteiger partial charge on any atom is -0.328 e. The largest absolute Gasteiger partial charge is 0.328 e. The molecule has 1 unspecified atom stereocenters. The molecule has 1 aromatic carbocycles. The lowest BCUT2D eigenvalue weighted by Crippen LogP contribution is -2.35. The predicted octanol–water partition coefficient (Wildman–Crippen LogP) is 3.29. The first-order chi connectivity index (χ1) is 8.63. The second kappa shape index (κ2) is 6.55. The Labute approximate surface area is 115 Å². The molecule has 2 rings (SSSR count). The summed E-state index contributed by atoms with van der Waals surface area (Å²) >= 11 is 6.01. The summed E-state index contributed by atoms with van der Waals surface area (Å²) in [4.78, 5) is 2.52. The van der Waals surface area contributed by atoms with Gasteiger partial charge >= 0.3 is 0 Å². The van der Waals surface area contributed by atoms with E-state index in [0.29, 0.717) is 6.04 Å². The Hall–Kier alpha value is -0.570. The maximum absolute atomic E-state index is 6.01. The summed E-state index contributed by atoms with van der Waals surface area (Å²) in [7, 11) is 0. The zero-order valence-electron chi connectivity index (χ0n) is 11.1. The van der Waals surface area contributed by atoms with Crippen LogP contribution < -0.4 is 5.73 Å². The molecule has 3 heteroatoms. The van der Waals surface area contributed by atoms with Crippen molar-refractivity contribution in [2.75, 3.05) is 13.1 Å². The lowest BCUT2D eigenvalue weighted by Gasteiger charge is -2.32. The van der Waals surface area contributed by atoms with E-state index in [1.807, 2.05) is 12.1 Å². The Morgan fingerprint density at radius 2 is 2.11 bits per heavy atom. The monoisotopic (exact) mass is 266 g/mol. The Morgan fingerprint density at radius 3 is 2.72 bits per heavy atom. The van der Waals surface area contributed by atoms with E-state index < -0.39 is 0 Å². The van der Waals surface area contributed by atoms with Crippen molar-refractivity contribution in [2.45, 2.75) is 38.8 Å². The van der Waals surface area contributed by atoms with Gasteiger partial charge < -0.3 is 5.73 Å². The third-order valence-electron chi connectivity index (χ3n) is 3.71. The fraction of sp³-hybridized carbons (Fsp3) is 0.600. The van der Waals surface area contributed by atoms with Gasteiger partial charge in [0.15, 0.2) is 0 Å². The van der Waals surface area contributed by atoms with Crippen LogP contribution in [0.15, 0.2) is 24.3 Å². The zero-order valence-corrected chi connectivity index (χ0v) is 11.9. The van der Waals surface area contributed by atoms with Gasteiger partial charge in [-0.1, -0.05) is 23.7 Å². The molecule has 0 bridgehead atoms. The summed E-state index contributed by atoms with van der Waals surface area (Å²) in [6.07, 6.45) is 3.73. The van der Waals surface area contributed by atoms with Gasteiger partial charge in [0.2, 0.25) is 0 Å². The Balaban J connectivity index is 1.80. The van der Waals surface area contributed by atoms with Crippen molar-refractivity contribution >= 4 is 11.6 Å². The van der Waals surface area contributed by atoms with E-state index in [-0.39, 0.29) is 0 Å². The average molecular weight is 267 g/mol. The van der Waals surface area contributed by atoms with Gasteiger partial charge in [-0.15, -0.1) is 0 Å². The molecule has 1 aromatic rings. The SMILES string of the molecule is CC(N)CC1CCN(Cc2cccc(Cl)c2)CC1. The van der Waals surface area contributed by atoms with Crippen LogP contribution in [0.5, 0.6) is 0 Å². The van der Waals surface area contributed by atoms with Gasteiger partial charge in [-0.3, -0.25) is 4.90 Å². The molecule has 18 heavy (non-hydrogen) atoms. The molecule has 1 fully saturated rings. The van der Waals surface area contributed by atoms with Crippen LogP contribution in [0.25, 0.3) is 0 Å². The number of rotatable bonds is 4. The van der Waals surface area contributed by atoms with Gasteiger partial charge in [0.05, 0.1) is 0 Å². The molecule has 1 aliphatic rings. The fourth-order valence-corrected chi connectivity index (χ4v) is 3.01. The number of hydrogen-bond acceptors (Lipinski definition) is 2. The highest BCUT2D eigenvalue weighted by molar-refractivity contribution is 6.30. The zero-order chi connectivity index (χ0) is 13.0. The van der Waals surface area contributed by atoms with E-state index >= 15 is 0 Å². The van der Waals surface area contributed by atoms with Gasteiger partial charge in [0.1, 0.15) is 0 Å². The van der Waals surface area contributed by atoms with Crippen LogP contribution in [0, 0.1) is 5.92 Å². The smallest absolute Gasteiger partial charge is 0.0409 e. The van der Waals surface area contributed by atoms with E-state index in [1.54, 1.807) is 0 Å². The van der Waals surface area contributed by atoms with E-state index in [4.69, 9.17) is 17.3 Å². The molecule has 100 valence electrons. The van der Waals surface area contributed by atoms with Gasteiger partial charge in [-0.2, -0.15) is 0 Å². The minimum absolute atomic E-state index is 0.342. The first-order valence-corrected chi connectivity index (χ1v) is 7.23. The van der Waals surface area contributed by atoms with Gasteiger partial charge in [-0.25, -0.2) is 0 Å². The molecule has 0 aliphatic carbocycles. The molecule has 0 aromatic heterocycles. The maximum Gasteiger partial charge on any atom is 0.0409 e. The first-order valence-electron chi connectivity index (χ1n) is 6.86. The Morgan fingerprint density at radius 1 is 1.39 bits per heavy atom. The summed E-state index contributed by atoms with van der Waals surface area (Å²) < 4.78 is 0. The van der Waals surface area contributed by atoms with Crippen LogP contribution in [-0.4, -0.2) is 24.0 Å². The fourth-order valence-electron chi connectivity index (χ4n) is 2.80. The number of nitrogens with two attached hydrogens (primary N) is 1. The van der Waals surface area contributed by atoms with Crippen molar-refractivity contribution < 1.29 is 0 Å². The summed E-state index contributed by atoms with van der Waals surface area (Å²) in [6, 6.07) is 8.52. The molecule has 1 atom stereocenters. The number of hydrogen-bond donors (Lipinski definition) is 1. The topological polar surface area (TPSA) is 29.3 Å². The van der Waals surface area contributed by atoms with E-state index in [0.717, 1.165) is 17.5 Å². The molecular formula is C15H23ClN2. The van der Waals surface area contributed by atoms with Crippen molar-refractivity contribution in [1.29, 1.82) is 0 Å². The quantitative estimate of drug-likeness (QED) is 0.906. The normalized spacial score (nSPS) is 19.9. The third kappa shape index (κ3) is 4.27. The molecule has 2 nitrogen and oxygen atoms in total. The summed E-state index contributed by atoms with van der Waals surface area (Å²) in [5, 5.41) is 0.833. The van der Waals surface area contributed by atoms with E-state index in [9.17, 15) is 0 Å². The van der Waals surface area contributed by atoms with Gasteiger partial charge in [0.25, 0.3) is 0 Å². The van der Waals surface area contributed by atoms with Crippen LogP contribution in [-0.2, 0) is 6.54 Å². The lowest BCUT2D eigenvalue weighted by atomic mass is 9.91. The number of piperidine rings is 1. The minimum atomic E-state index is 0.342. The Bertz CT molecular complexity index is 371. The maximum atomic E-state index is 6.01. The van der Waals surface area contributed by atoms with Crippen LogP contribution >= 0.6 is 11.6 Å². The van der Waals surface area contributed by atoms with Gasteiger partial charge in [0, 0.05) is 17.6 Å². The van der Waals surface area contributed by atoms with Crippen molar-refractivity contribution in [2.24, 2.45) is 11.7 Å². The summed E-state index contributed by atoms with van der Waals surface area (Å²) in [5.74, 6) is 0.820. The molecule has 1 saturated heterocycles. The third-order valence-corrected chi connectivity index (χ3v) is 3.94. The van der Waals surface area contributed by atoms with E-state index in [1.165, 1.54) is 37.9 Å². The van der Waals surface area contributed by atoms with Crippen LogP contribution in [0.1, 0.15) is 31.7 Å². The predicted molar refractivity (Wildman–Crippen MR) is 77.7 cm³/mol. The number of halogens is 1. The Kier molecular flexibility index (Phi) is 5.04. The second-order valence-electron chi connectivity index (χ2n) is 5.56. The number of nitrogens with zero attached hydrogens (tertiary/aromatic N) is 1. The molecule has 0 spiro atoms. The van der Waals surface area contributed by atoms with Crippen LogP contribution in [0.3, 0.4) is 0 Å². The molecule has 1 aliphatic heterocycles. The van der Waals surface area contributed by atoms with Crippen molar-refractivity contribution in [3.63, 3.8) is 0 Å². The molecule has 0 saturated carbocycles. The van der Waals surface area contributed by atoms with E-state index in [2.05, 4.69) is 24.0 Å². The van der Waals surface area contributed by atoms with Crippen LogP contribution in [0.4, 0.5) is 0 Å². The molecule has 0 radical (unpaired) electrons. The summed E-state index contributed by atoms with van der Waals surface area (Å²) in [5.41, 5.74) is 7.18. The summed E-state index contributed by atoms with van der Waals surface area (Å²) in [6.45, 7) is 5.50. The second-order valence-corrected chi connectivity index (χ2v) is 6.00. The highest BCUT2D eigenvalue weighted by Gasteiger charge is 2.19. The highest BCUT2D eigenvalue weighted by atomic mass is 35.5. The van der Waals surface area contributed by atoms with Gasteiger partial charge in [-0.05, 0) is 62.9 Å². The van der Waals surface area contributed by atoms with Crippen molar-refractivity contribution in [1.82, 2.24) is 4.90 Å². The number of likely N-dealkylation sites (tertiary alicyclic amines) is 1. The first kappa shape index (κ1) is 13.9. The average Bonchev–Trinajstić information content (AvgIpc) is 2.31. The molecule has 0 amide bonds. The van der Waals surface area contributed by atoms with Crippen molar-refractivity contribution in [3.8, 4) is 0 Å². The standard InChI is InChI=1S/C15H23ClN2/c1-12(17)9-13-5-7-18(8-6-13)11-14-3-2-4-15(16)10-14/h2-4,10,12-13H,5-9,11,17H2,1H3. The molecular weight excluding hydrogens is 244 g/mol. The van der Waals surface area contributed by atoms with Crippen LogP contribution in [0.2, 0.25) is 5.02 Å². The highest BCUT2D eigenvalue weighted by Crippen LogP contribution is 2.23. The number of benzene rings is 1. The molecule has 1 heterocycles. The lowest BCUT2D eigenvalue weighted by molar-refractivity contribution is 0.169. The van der Waals surface area contributed by atoms with Crippen molar-refractivity contribution in [3.05, 3.63) is 34.9 Å².